The molecule has 1 rings (SSSR count). The minimum atomic E-state index is -4.84. The van der Waals surface area contributed by atoms with Gasteiger partial charge in [-0.2, -0.15) is 0 Å². The Morgan fingerprint density at radius 2 is 1.37 bits per heavy atom. The summed E-state index contributed by atoms with van der Waals surface area (Å²) in [6.07, 6.45) is -4.90. The van der Waals surface area contributed by atoms with Crippen LogP contribution in [0.15, 0.2) is 0 Å². The SMILES string of the molecule is CCCCCC(=O)OCC(COC(=O)CCCCC)O[C@@H]1O[C@H](CS(=O)(=O)[O-])[C@@H](O)[C@H](O)[C@H]1O.[Na+]. The summed E-state index contributed by atoms with van der Waals surface area (Å²) in [7, 11) is -4.84. The smallest absolute Gasteiger partial charge is 0.748 e. The van der Waals surface area contributed by atoms with Crippen molar-refractivity contribution in [3.8, 4) is 0 Å². The van der Waals surface area contributed by atoms with Crippen molar-refractivity contribution in [1.82, 2.24) is 0 Å². The first kappa shape index (κ1) is 34.6. The van der Waals surface area contributed by atoms with Crippen molar-refractivity contribution >= 4 is 22.1 Å². The van der Waals surface area contributed by atoms with Gasteiger partial charge in [0.05, 0.1) is 15.9 Å². The Bertz CT molecular complexity index is 693. The first-order valence-corrected chi connectivity index (χ1v) is 13.2. The van der Waals surface area contributed by atoms with E-state index in [0.717, 1.165) is 25.7 Å². The van der Waals surface area contributed by atoms with Gasteiger partial charge in [0, 0.05) is 12.8 Å². The second-order valence-electron chi connectivity index (χ2n) is 8.28. The molecule has 14 heteroatoms. The van der Waals surface area contributed by atoms with Gasteiger partial charge >= 0.3 is 41.5 Å². The number of esters is 2. The molecule has 0 bridgehead atoms. The topological polar surface area (TPSA) is 189 Å². The van der Waals surface area contributed by atoms with Gasteiger partial charge in [-0.3, -0.25) is 9.59 Å². The molecule has 1 saturated heterocycles. The van der Waals surface area contributed by atoms with Gasteiger partial charge in [-0.05, 0) is 12.8 Å². The quantitative estimate of drug-likeness (QED) is 0.0785. The Balaban J connectivity index is 0.0000116. The fourth-order valence-electron chi connectivity index (χ4n) is 3.24. The van der Waals surface area contributed by atoms with Crippen LogP contribution < -0.4 is 29.6 Å². The van der Waals surface area contributed by atoms with Crippen LogP contribution >= 0.6 is 0 Å². The van der Waals surface area contributed by atoms with Crippen LogP contribution in [0.4, 0.5) is 0 Å². The first-order chi connectivity index (χ1) is 16.0. The van der Waals surface area contributed by atoms with Gasteiger partial charge in [0.25, 0.3) is 0 Å². The minimum Gasteiger partial charge on any atom is -0.748 e. The largest absolute Gasteiger partial charge is 1.00 e. The fraction of sp³-hybridized carbons (Fsp3) is 0.905. The average Bonchev–Trinajstić information content (AvgIpc) is 2.76. The number of hydrogen-bond donors (Lipinski definition) is 3. The Labute approximate surface area is 228 Å². The summed E-state index contributed by atoms with van der Waals surface area (Å²) in [6, 6.07) is 0. The summed E-state index contributed by atoms with van der Waals surface area (Å²) in [5.41, 5.74) is 0. The van der Waals surface area contributed by atoms with E-state index in [1.807, 2.05) is 13.8 Å². The third-order valence-electron chi connectivity index (χ3n) is 5.19. The molecule has 12 nitrogen and oxygen atoms in total. The van der Waals surface area contributed by atoms with Crippen LogP contribution in [0.5, 0.6) is 0 Å². The van der Waals surface area contributed by atoms with Crippen LogP contribution in [-0.4, -0.2) is 96.0 Å². The van der Waals surface area contributed by atoms with Crippen molar-refractivity contribution in [1.29, 1.82) is 0 Å². The molecule has 3 N–H and O–H groups in total. The maximum absolute atomic E-state index is 12.0. The van der Waals surface area contributed by atoms with Gasteiger partial charge in [-0.25, -0.2) is 8.42 Å². The van der Waals surface area contributed by atoms with Gasteiger partial charge in [0.2, 0.25) is 0 Å². The molecule has 0 radical (unpaired) electrons. The van der Waals surface area contributed by atoms with Crippen molar-refractivity contribution in [2.24, 2.45) is 0 Å². The average molecular weight is 537 g/mol. The number of unbranched alkanes of at least 4 members (excludes halogenated alkanes) is 4. The molecule has 35 heavy (non-hydrogen) atoms. The molecule has 1 aliphatic heterocycles. The summed E-state index contributed by atoms with van der Waals surface area (Å²) in [5, 5.41) is 30.2. The van der Waals surface area contributed by atoms with Gasteiger partial charge in [-0.1, -0.05) is 39.5 Å². The van der Waals surface area contributed by atoms with Gasteiger partial charge in [0.1, 0.15) is 43.7 Å². The van der Waals surface area contributed by atoms with E-state index in [2.05, 4.69) is 0 Å². The monoisotopic (exact) mass is 536 g/mol. The van der Waals surface area contributed by atoms with Crippen molar-refractivity contribution < 1.29 is 86.4 Å². The Hall–Kier alpha value is -0.350. The van der Waals surface area contributed by atoms with Crippen LogP contribution in [0.3, 0.4) is 0 Å². The van der Waals surface area contributed by atoms with Crippen LogP contribution in [0.25, 0.3) is 0 Å². The van der Waals surface area contributed by atoms with E-state index >= 15 is 0 Å². The Morgan fingerprint density at radius 3 is 1.80 bits per heavy atom. The van der Waals surface area contributed by atoms with E-state index in [-0.39, 0.29) is 55.6 Å². The Morgan fingerprint density at radius 1 is 0.886 bits per heavy atom. The standard InChI is InChI=1S/C21H38O12S.Na/c1-3-5-7-9-16(22)30-11-14(12-31-17(23)10-8-6-4-2)32-21-20(26)19(25)18(24)15(33-21)13-34(27,28)29;/h14-15,18-21,24-26H,3-13H2,1-2H3,(H,27,28,29);/q;+1/p-1/t15-,18-,19+,20-,21-;/m1./s1. The summed E-state index contributed by atoms with van der Waals surface area (Å²) in [4.78, 5) is 23.9. The molecule has 0 aromatic heterocycles. The molecule has 1 heterocycles. The fourth-order valence-corrected chi connectivity index (χ4v) is 3.92. The molecule has 0 unspecified atom stereocenters. The Kier molecular flexibility index (Phi) is 17.8. The van der Waals surface area contributed by atoms with E-state index in [9.17, 15) is 37.9 Å². The van der Waals surface area contributed by atoms with Crippen molar-refractivity contribution in [3.63, 3.8) is 0 Å². The van der Waals surface area contributed by atoms with Crippen molar-refractivity contribution in [3.05, 3.63) is 0 Å². The number of rotatable bonds is 16. The second-order valence-corrected chi connectivity index (χ2v) is 9.73. The number of carbonyl (C=O) groups is 2. The van der Waals surface area contributed by atoms with E-state index in [1.54, 1.807) is 0 Å². The number of aliphatic hydroxyl groups excluding tert-OH is 3. The molecule has 0 aromatic rings. The van der Waals surface area contributed by atoms with Crippen LogP contribution in [0.2, 0.25) is 0 Å². The summed E-state index contributed by atoms with van der Waals surface area (Å²) in [6.45, 7) is 3.22. The van der Waals surface area contributed by atoms with Gasteiger partial charge < -0.3 is 38.8 Å². The number of ether oxygens (including phenoxy) is 4. The number of hydrogen-bond acceptors (Lipinski definition) is 12. The molecule has 0 aliphatic carbocycles. The molecule has 5 atom stereocenters. The summed E-state index contributed by atoms with van der Waals surface area (Å²) >= 11 is 0. The van der Waals surface area contributed by atoms with E-state index in [4.69, 9.17) is 18.9 Å². The molecule has 1 aliphatic rings. The normalized spacial score (nSPS) is 24.6. The molecule has 0 aromatic carbocycles. The maximum atomic E-state index is 12.0. The molecule has 0 spiro atoms. The number of carbonyl (C=O) groups excluding carboxylic acids is 2. The molecular weight excluding hydrogens is 499 g/mol. The minimum absolute atomic E-state index is 0. The zero-order valence-corrected chi connectivity index (χ0v) is 23.5. The molecule has 0 saturated carbocycles. The zero-order valence-electron chi connectivity index (χ0n) is 20.7. The molecule has 200 valence electrons. The summed E-state index contributed by atoms with van der Waals surface area (Å²) < 4.78 is 54.3. The maximum Gasteiger partial charge on any atom is 1.00 e. The van der Waals surface area contributed by atoms with Gasteiger partial charge in [-0.15, -0.1) is 0 Å². The van der Waals surface area contributed by atoms with Gasteiger partial charge in [0.15, 0.2) is 6.29 Å². The molecular formula is C21H37NaO12S. The van der Waals surface area contributed by atoms with E-state index in [1.165, 1.54) is 0 Å². The zero-order chi connectivity index (χ0) is 25.7. The third kappa shape index (κ3) is 14.2. The van der Waals surface area contributed by atoms with E-state index in [0.29, 0.717) is 12.8 Å². The first-order valence-electron chi connectivity index (χ1n) is 11.6. The molecule has 1 fully saturated rings. The predicted molar refractivity (Wildman–Crippen MR) is 116 cm³/mol. The van der Waals surface area contributed by atoms with Crippen molar-refractivity contribution in [2.45, 2.75) is 102 Å². The van der Waals surface area contributed by atoms with Crippen LogP contribution in [-0.2, 0) is 38.7 Å². The molecule has 0 amide bonds. The van der Waals surface area contributed by atoms with E-state index < -0.39 is 64.6 Å². The summed E-state index contributed by atoms with van der Waals surface area (Å²) in [5.74, 6) is -2.18. The van der Waals surface area contributed by atoms with Crippen LogP contribution in [0, 0.1) is 0 Å². The van der Waals surface area contributed by atoms with Crippen molar-refractivity contribution in [2.75, 3.05) is 19.0 Å². The predicted octanol–water partition coefficient (Wildman–Crippen LogP) is -3.02. The number of aliphatic hydroxyl groups is 3. The second kappa shape index (κ2) is 18.0. The third-order valence-corrected chi connectivity index (χ3v) is 5.93. The van der Waals surface area contributed by atoms with Crippen LogP contribution in [0.1, 0.15) is 65.2 Å².